The van der Waals surface area contributed by atoms with E-state index in [0.29, 0.717) is 5.52 Å². The molecule has 1 aliphatic rings. The van der Waals surface area contributed by atoms with Gasteiger partial charge in [-0.1, -0.05) is 0 Å². The van der Waals surface area contributed by atoms with Crippen molar-refractivity contribution in [3.8, 4) is 0 Å². The summed E-state index contributed by atoms with van der Waals surface area (Å²) in [5, 5.41) is 0. The summed E-state index contributed by atoms with van der Waals surface area (Å²) < 4.78 is 6.33. The molecule has 0 radical (unpaired) electrons. The Hall–Kier alpha value is -2.68. The fraction of sp³-hybridized carbons (Fsp3) is 0.200. The molecule has 19 heavy (non-hydrogen) atoms. The Kier molecular flexibility index (Phi) is 2.35. The molecule has 1 fully saturated rings. The third-order valence-corrected chi connectivity index (χ3v) is 2.76. The van der Waals surface area contributed by atoms with E-state index in [1.165, 1.54) is 17.2 Å². The molecule has 1 saturated heterocycles. The van der Waals surface area contributed by atoms with Gasteiger partial charge < -0.3 is 10.5 Å². The number of rotatable bonds is 2. The van der Waals surface area contributed by atoms with Crippen molar-refractivity contribution in [2.75, 3.05) is 5.73 Å². The van der Waals surface area contributed by atoms with Crippen LogP contribution in [-0.2, 0) is 19.1 Å². The van der Waals surface area contributed by atoms with Crippen LogP contribution in [0.3, 0.4) is 0 Å². The average Bonchev–Trinajstić information content (AvgIpc) is 2.94. The Morgan fingerprint density at radius 3 is 2.74 bits per heavy atom. The normalized spacial score (nSPS) is 23.2. The molecule has 0 amide bonds. The van der Waals surface area contributed by atoms with Gasteiger partial charge in [-0.05, 0) is 0 Å². The second-order valence-electron chi connectivity index (χ2n) is 3.86. The van der Waals surface area contributed by atoms with Gasteiger partial charge in [-0.25, -0.2) is 15.0 Å². The number of aldehydes is 1. The van der Waals surface area contributed by atoms with E-state index >= 15 is 0 Å². The van der Waals surface area contributed by atoms with Gasteiger partial charge in [0.2, 0.25) is 12.0 Å². The number of ketones is 2. The molecule has 2 atom stereocenters. The van der Waals surface area contributed by atoms with Gasteiger partial charge in [-0.2, -0.15) is 0 Å². The van der Waals surface area contributed by atoms with Gasteiger partial charge >= 0.3 is 0 Å². The predicted molar refractivity (Wildman–Crippen MR) is 59.7 cm³/mol. The smallest absolute Gasteiger partial charge is 0.251 e. The van der Waals surface area contributed by atoms with Gasteiger partial charge in [-0.15, -0.1) is 0 Å². The molecule has 0 saturated carbocycles. The fourth-order valence-corrected chi connectivity index (χ4v) is 1.85. The van der Waals surface area contributed by atoms with Crippen molar-refractivity contribution in [1.29, 1.82) is 0 Å². The number of nitrogen functional groups attached to an aromatic ring is 1. The number of aromatic nitrogens is 4. The largest absolute Gasteiger partial charge is 0.382 e. The van der Waals surface area contributed by atoms with Crippen molar-refractivity contribution < 1.29 is 19.1 Å². The molecule has 0 unspecified atom stereocenters. The number of anilines is 1. The van der Waals surface area contributed by atoms with E-state index in [1.807, 2.05) is 0 Å². The summed E-state index contributed by atoms with van der Waals surface area (Å²) in [4.78, 5) is 45.5. The highest BCUT2D eigenvalue weighted by molar-refractivity contribution is 6.44. The number of nitrogens with two attached hydrogens (primary N) is 1. The molecular weight excluding hydrogens is 254 g/mol. The van der Waals surface area contributed by atoms with Crippen LogP contribution in [-0.4, -0.2) is 43.5 Å². The first kappa shape index (κ1) is 11.4. The quantitative estimate of drug-likeness (QED) is 0.398. The van der Waals surface area contributed by atoms with E-state index in [0.717, 1.165) is 0 Å². The molecule has 1 aliphatic heterocycles. The van der Waals surface area contributed by atoms with Crippen molar-refractivity contribution >= 4 is 34.8 Å². The van der Waals surface area contributed by atoms with Gasteiger partial charge in [0.15, 0.2) is 23.9 Å². The van der Waals surface area contributed by atoms with Crippen molar-refractivity contribution in [2.24, 2.45) is 0 Å². The molecular formula is C10H7N5O4. The molecule has 0 aromatic carbocycles. The van der Waals surface area contributed by atoms with E-state index in [9.17, 15) is 14.4 Å². The van der Waals surface area contributed by atoms with Crippen molar-refractivity contribution in [2.45, 2.75) is 12.3 Å². The van der Waals surface area contributed by atoms with Crippen molar-refractivity contribution in [3.05, 3.63) is 12.7 Å². The number of Topliss-reactive ketones (excluding diaryl/α,β-unsaturated/α-hetero) is 2. The molecule has 3 rings (SSSR count). The molecule has 2 N–H and O–H groups in total. The second kappa shape index (κ2) is 3.92. The zero-order chi connectivity index (χ0) is 13.6. The first-order valence-electron chi connectivity index (χ1n) is 5.25. The zero-order valence-electron chi connectivity index (χ0n) is 9.39. The lowest BCUT2D eigenvalue weighted by molar-refractivity contribution is -0.136. The minimum Gasteiger partial charge on any atom is -0.382 e. The maximum Gasteiger partial charge on any atom is 0.251 e. The number of imidazole rings is 1. The van der Waals surface area contributed by atoms with Crippen LogP contribution in [0, 0.1) is 0 Å². The van der Waals surface area contributed by atoms with Crippen LogP contribution in [0.15, 0.2) is 12.7 Å². The summed E-state index contributed by atoms with van der Waals surface area (Å²) >= 11 is 0. The minimum atomic E-state index is -1.38. The third-order valence-electron chi connectivity index (χ3n) is 2.76. The number of carbonyl (C=O) groups excluding carboxylic acids is 3. The molecule has 2 aromatic heterocycles. The summed E-state index contributed by atoms with van der Waals surface area (Å²) in [7, 11) is 0. The van der Waals surface area contributed by atoms with Crippen LogP contribution in [0.25, 0.3) is 11.2 Å². The van der Waals surface area contributed by atoms with Gasteiger partial charge in [0.1, 0.15) is 11.8 Å². The summed E-state index contributed by atoms with van der Waals surface area (Å²) in [6, 6.07) is 0. The number of fused-ring (bicyclic) bond motifs is 1. The Morgan fingerprint density at radius 1 is 1.26 bits per heavy atom. The highest BCUT2D eigenvalue weighted by atomic mass is 16.5. The van der Waals surface area contributed by atoms with Gasteiger partial charge in [0.05, 0.1) is 6.33 Å². The first-order valence-corrected chi connectivity index (χ1v) is 5.25. The van der Waals surface area contributed by atoms with Crippen LogP contribution in [0.1, 0.15) is 6.23 Å². The van der Waals surface area contributed by atoms with Crippen LogP contribution < -0.4 is 5.73 Å². The number of hydrogen-bond acceptors (Lipinski definition) is 8. The van der Waals surface area contributed by atoms with Crippen LogP contribution in [0.2, 0.25) is 0 Å². The van der Waals surface area contributed by atoms with Gasteiger partial charge in [0.25, 0.3) is 5.78 Å². The third kappa shape index (κ3) is 1.52. The minimum absolute atomic E-state index is 0.146. The van der Waals surface area contributed by atoms with Crippen molar-refractivity contribution in [1.82, 2.24) is 19.5 Å². The number of carbonyl (C=O) groups is 3. The Labute approximate surface area is 105 Å². The molecule has 0 bridgehead atoms. The molecule has 3 heterocycles. The highest BCUT2D eigenvalue weighted by Gasteiger charge is 2.43. The summed E-state index contributed by atoms with van der Waals surface area (Å²) in [6.07, 6.45) is 0.117. The topological polar surface area (TPSA) is 130 Å². The van der Waals surface area contributed by atoms with Gasteiger partial charge in [-0.3, -0.25) is 19.0 Å². The lowest BCUT2D eigenvalue weighted by atomic mass is 10.2. The van der Waals surface area contributed by atoms with Crippen LogP contribution >= 0.6 is 0 Å². The predicted octanol–water partition coefficient (Wildman–Crippen LogP) is -1.36. The van der Waals surface area contributed by atoms with E-state index in [4.69, 9.17) is 10.5 Å². The molecule has 9 heteroatoms. The summed E-state index contributed by atoms with van der Waals surface area (Å²) in [5.41, 5.74) is 6.16. The van der Waals surface area contributed by atoms with E-state index in [-0.39, 0.29) is 17.8 Å². The monoisotopic (exact) mass is 261 g/mol. The lowest BCUT2D eigenvalue weighted by Crippen LogP contribution is -2.21. The zero-order valence-corrected chi connectivity index (χ0v) is 9.39. The molecule has 0 aliphatic carbocycles. The number of ether oxygens (including phenoxy) is 1. The summed E-state index contributed by atoms with van der Waals surface area (Å²) in [5.74, 6) is -1.56. The van der Waals surface area contributed by atoms with E-state index < -0.39 is 23.9 Å². The van der Waals surface area contributed by atoms with E-state index in [2.05, 4.69) is 15.0 Å². The Morgan fingerprint density at radius 2 is 2.05 bits per heavy atom. The van der Waals surface area contributed by atoms with Crippen LogP contribution in [0.5, 0.6) is 0 Å². The maximum absolute atomic E-state index is 11.7. The first-order chi connectivity index (χ1) is 9.13. The Balaban J connectivity index is 2.11. The number of hydrogen-bond donors (Lipinski definition) is 1. The molecule has 96 valence electrons. The SMILES string of the molecule is Nc1ncnc2c1ncn2[C@@H]1O[C@H](C=O)C(=O)C1=O. The molecule has 2 aromatic rings. The molecule has 9 nitrogen and oxygen atoms in total. The highest BCUT2D eigenvalue weighted by Crippen LogP contribution is 2.25. The maximum atomic E-state index is 11.7. The second-order valence-corrected chi connectivity index (χ2v) is 3.86. The standard InChI is InChI=1S/C10H7N5O4/c11-8-5-9(13-2-12-8)15(3-14-5)10-7(18)6(17)4(1-16)19-10/h1-4,10H,(H2,11,12,13)/t4-,10-/m1/s1. The van der Waals surface area contributed by atoms with Crippen LogP contribution in [0.4, 0.5) is 5.82 Å². The average molecular weight is 261 g/mol. The Bertz CT molecular complexity index is 709. The lowest BCUT2D eigenvalue weighted by Gasteiger charge is -2.09. The van der Waals surface area contributed by atoms with Crippen molar-refractivity contribution in [3.63, 3.8) is 0 Å². The summed E-state index contributed by atoms with van der Waals surface area (Å²) in [6.45, 7) is 0. The van der Waals surface area contributed by atoms with Gasteiger partial charge in [0, 0.05) is 0 Å². The van der Waals surface area contributed by atoms with E-state index in [1.54, 1.807) is 0 Å². The molecule has 0 spiro atoms. The number of nitrogens with zero attached hydrogens (tertiary/aromatic N) is 4. The fourth-order valence-electron chi connectivity index (χ4n) is 1.85.